The molecular formula is C113H146N16O8S8+8. The molecule has 6 aliphatic rings. The largest absolute Gasteiger partial charge is 0.338 e. The van der Waals surface area contributed by atoms with Gasteiger partial charge in [0.25, 0.3) is 6.17 Å². The van der Waals surface area contributed by atoms with E-state index < -0.39 is 40.1 Å². The van der Waals surface area contributed by atoms with Crippen molar-refractivity contribution in [3.05, 3.63) is 261 Å². The van der Waals surface area contributed by atoms with E-state index in [1.807, 2.05) is 48.5 Å². The molecule has 2 saturated heterocycles. The van der Waals surface area contributed by atoms with Crippen LogP contribution in [-0.4, -0.2) is 254 Å². The number of pyridine rings is 4. The van der Waals surface area contributed by atoms with Crippen molar-refractivity contribution in [1.29, 1.82) is 0 Å². The van der Waals surface area contributed by atoms with E-state index in [-0.39, 0.29) is 6.17 Å². The number of aryl methyl sites for hydroxylation is 3. The predicted octanol–water partition coefficient (Wildman–Crippen LogP) is 19.1. The number of unbranched alkanes of at least 4 members (excludes halogenated alkanes) is 3. The Hall–Kier alpha value is -9.56. The Balaban J connectivity index is 0.000000201. The van der Waals surface area contributed by atoms with Crippen molar-refractivity contribution in [2.75, 3.05) is 204 Å². The Kier molecular flexibility index (Phi) is 32.6. The second-order valence-electron chi connectivity index (χ2n) is 42.7. The van der Waals surface area contributed by atoms with E-state index >= 15 is 0 Å². The van der Waals surface area contributed by atoms with Gasteiger partial charge < -0.3 is 33.0 Å². The van der Waals surface area contributed by atoms with Gasteiger partial charge in [-0.3, -0.25) is 4.48 Å². The summed E-state index contributed by atoms with van der Waals surface area (Å²) in [7, 11) is 19.2. The number of nitrogens with zero attached hydrogens (tertiary/aromatic N) is 16. The standard InChI is InChI=1S/C61H88N10O4S4.C52H58N6O4S4/c1-16-59(67-35-32-48(52-24-18-20-26-54(52)67)44-61-65(5)56-30-28-50(46-58(56)77-61)79(74,75)63(3)37-42-69(9,10)11)71(14,15)40-22-39-70(12,13)38-21-33-66-34-31-47(51-23-17-19-25-53(51)66)43-60-64(4)55-29-27-49(45-57(55)76-60)78(72,73)62(2)36-41-68(6,7)8;1-53-47-23-21-41(65(59,60)57-29-13-5-14-30-57)37-49(47)63-51(53)35-39-25-33-55(45-19-9-7-17-43(39)45)27-11-3-4-12-28-56-34-26-40(44-18-8-10-20-46(44)56)36-52-54(2)48-24-22-42(38-50(48)64-52)66(61,62)58-31-15-6-16-32-58/h17-20,23-32,34-35,43-46,59H,16,21-22,33,36-42H2,1-15H3;7-10,17-26,33-38H,3-6,11-16,27-32H2,1-2H3/q+6;+2. The average molecular weight is 2110 g/mol. The number of sulfonamides is 4. The summed E-state index contributed by atoms with van der Waals surface area (Å²) in [5, 5.41) is 9.02. The molecule has 766 valence electrons. The molecule has 0 radical (unpaired) electrons. The number of hydrogen-bond acceptors (Lipinski definition) is 16. The van der Waals surface area contributed by atoms with Crippen LogP contribution in [0.1, 0.15) is 119 Å². The van der Waals surface area contributed by atoms with Crippen LogP contribution in [0.2, 0.25) is 0 Å². The van der Waals surface area contributed by atoms with Gasteiger partial charge in [-0.25, -0.2) is 33.7 Å². The van der Waals surface area contributed by atoms with E-state index in [1.54, 1.807) is 94.0 Å². The van der Waals surface area contributed by atoms with E-state index in [2.05, 4.69) is 314 Å². The molecule has 2 fully saturated rings. The fourth-order valence-electron chi connectivity index (χ4n) is 20.6. The molecule has 32 heteroatoms. The number of hydrogen-bond donors (Lipinski definition) is 0. The fraction of sp³-hybridized carbons (Fsp3) is 0.398. The molecule has 1 unspecified atom stereocenters. The lowest BCUT2D eigenvalue weighted by Gasteiger charge is -2.35. The first-order valence-corrected chi connectivity index (χ1v) is 60.0. The normalized spacial score (nSPS) is 17.2. The molecule has 24 nitrogen and oxygen atoms in total. The molecule has 18 rings (SSSR count). The Morgan fingerprint density at radius 2 is 0.648 bits per heavy atom. The number of thioether (sulfide) groups is 4. The van der Waals surface area contributed by atoms with Crippen molar-refractivity contribution in [3.8, 4) is 0 Å². The first-order chi connectivity index (χ1) is 69.0. The zero-order valence-corrected chi connectivity index (χ0v) is 94.0. The summed E-state index contributed by atoms with van der Waals surface area (Å²) in [6.45, 7) is 13.0. The number of anilines is 4. The number of quaternary nitrogens is 4. The van der Waals surface area contributed by atoms with Crippen LogP contribution in [0, 0.1) is 0 Å². The molecule has 12 aromatic rings. The minimum atomic E-state index is -3.63. The van der Waals surface area contributed by atoms with Gasteiger partial charge in [0.15, 0.2) is 31.3 Å². The van der Waals surface area contributed by atoms with Crippen LogP contribution in [-0.2, 0) is 59.7 Å². The van der Waals surface area contributed by atoms with Gasteiger partial charge in [0, 0.05) is 156 Å². The number of fused-ring (bicyclic) bond motifs is 8. The third kappa shape index (κ3) is 23.9. The average Bonchev–Trinajstić information content (AvgIpc) is 1.71. The zero-order valence-electron chi connectivity index (χ0n) is 87.5. The Labute approximate surface area is 878 Å². The molecule has 145 heavy (non-hydrogen) atoms. The second kappa shape index (κ2) is 44.3. The summed E-state index contributed by atoms with van der Waals surface area (Å²) >= 11 is 6.50. The van der Waals surface area contributed by atoms with Crippen molar-refractivity contribution < 1.29 is 69.9 Å². The highest BCUT2D eigenvalue weighted by atomic mass is 32.2. The summed E-state index contributed by atoms with van der Waals surface area (Å²) in [6, 6.07) is 65.6. The van der Waals surface area contributed by atoms with E-state index in [4.69, 9.17) is 0 Å². The van der Waals surface area contributed by atoms with E-state index in [0.29, 0.717) is 67.8 Å². The van der Waals surface area contributed by atoms with Gasteiger partial charge in [-0.2, -0.15) is 30.9 Å². The van der Waals surface area contributed by atoms with Crippen molar-refractivity contribution in [3.63, 3.8) is 0 Å². The van der Waals surface area contributed by atoms with Crippen molar-refractivity contribution in [2.45, 2.75) is 155 Å². The van der Waals surface area contributed by atoms with Crippen LogP contribution in [0.3, 0.4) is 0 Å². The van der Waals surface area contributed by atoms with Gasteiger partial charge in [-0.1, -0.05) is 115 Å². The highest BCUT2D eigenvalue weighted by molar-refractivity contribution is 8.04. The van der Waals surface area contributed by atoms with Crippen LogP contribution >= 0.6 is 47.0 Å². The summed E-state index contributed by atoms with van der Waals surface area (Å²) in [5.41, 5.74) is 13.4. The van der Waals surface area contributed by atoms with Gasteiger partial charge in [0.05, 0.1) is 213 Å². The predicted molar refractivity (Wildman–Crippen MR) is 598 cm³/mol. The summed E-state index contributed by atoms with van der Waals surface area (Å²) < 4.78 is 127. The van der Waals surface area contributed by atoms with Crippen LogP contribution in [0.5, 0.6) is 0 Å². The summed E-state index contributed by atoms with van der Waals surface area (Å²) in [6.07, 6.45) is 31.5. The minimum Gasteiger partial charge on any atom is -0.338 e. The molecule has 0 saturated carbocycles. The lowest BCUT2D eigenvalue weighted by Crippen LogP contribution is -2.58. The quantitative estimate of drug-likeness (QED) is 0.0205. The van der Waals surface area contributed by atoms with Crippen molar-refractivity contribution >= 4 is 178 Å². The third-order valence-electron chi connectivity index (χ3n) is 29.4. The first kappa shape index (κ1) is 107. The van der Waals surface area contributed by atoms with Crippen LogP contribution in [0.15, 0.2) is 278 Å². The van der Waals surface area contributed by atoms with Gasteiger partial charge in [0.1, 0.15) is 13.1 Å². The summed E-state index contributed by atoms with van der Waals surface area (Å²) in [4.78, 5) is 13.9. The number of likely N-dealkylation sites (N-methyl/N-ethyl adjacent to an activating group) is 4. The number of aromatic nitrogens is 4. The Bertz CT molecular complexity index is 7290. The maximum atomic E-state index is 13.6. The maximum absolute atomic E-state index is 13.6. The molecule has 4 aromatic heterocycles. The van der Waals surface area contributed by atoms with Crippen molar-refractivity contribution in [2.24, 2.45) is 0 Å². The Morgan fingerprint density at radius 3 is 0.993 bits per heavy atom. The molecule has 8 aromatic carbocycles. The summed E-state index contributed by atoms with van der Waals surface area (Å²) in [5.74, 6) is 0. The zero-order chi connectivity index (χ0) is 103. The van der Waals surface area contributed by atoms with Gasteiger partial charge in [-0.15, -0.1) is 4.57 Å². The molecule has 0 amide bonds. The lowest BCUT2D eigenvalue weighted by atomic mass is 10.1. The SMILES string of the molecule is CCC([n+]1ccc(C=C2Sc3cc(S(=O)(=O)N(C)CC[N+](C)(C)C)ccc3N2C)c2ccccc21)[N+](C)(C)CCC[N+](C)(C)CCC[n+]1ccc(C=C2Sc3cc(S(=O)(=O)N(C)CC[N+](C)(C)C)ccc3N2C)c2ccccc21.CN1C(=Cc2cc[n+](CCCCCC[n+]3ccc(C=C4Sc5cc(S(=O)(=O)N6CCCCC6)ccc5N4C)c4ccccc43)c3ccccc23)Sc2cc(S(=O)(=O)N3CCCCC3)ccc21. The van der Waals surface area contributed by atoms with Crippen LogP contribution in [0.25, 0.3) is 67.9 Å². The number of benzene rings is 8. The van der Waals surface area contributed by atoms with E-state index in [1.165, 1.54) is 52.2 Å². The first-order valence-electron chi connectivity index (χ1n) is 51.0. The molecular weight excluding hydrogens is 1970 g/mol. The monoisotopic (exact) mass is 2110 g/mol. The van der Waals surface area contributed by atoms with Gasteiger partial charge >= 0.3 is 0 Å². The number of para-hydroxylation sites is 4. The topological polar surface area (TPSA) is 178 Å². The lowest BCUT2D eigenvalue weighted by molar-refractivity contribution is -1.05. The molecule has 0 aliphatic carbocycles. The van der Waals surface area contributed by atoms with E-state index in [0.717, 1.165) is 229 Å². The number of rotatable bonds is 36. The van der Waals surface area contributed by atoms with Crippen LogP contribution in [0.4, 0.5) is 22.7 Å². The van der Waals surface area contributed by atoms with Gasteiger partial charge in [-0.05, 0) is 182 Å². The fourth-order valence-corrected chi connectivity index (χ4v) is 30.9. The third-order valence-corrected chi connectivity index (χ3v) is 41.5. The second-order valence-corrected chi connectivity index (χ2v) is 55.0. The molecule has 0 bridgehead atoms. The van der Waals surface area contributed by atoms with Crippen LogP contribution < -0.4 is 37.9 Å². The molecule has 6 aliphatic heterocycles. The van der Waals surface area contributed by atoms with E-state index in [9.17, 15) is 33.7 Å². The minimum absolute atomic E-state index is 0.230. The molecule has 0 spiro atoms. The molecule has 10 heterocycles. The molecule has 0 N–H and O–H groups in total. The Morgan fingerprint density at radius 1 is 0.345 bits per heavy atom. The maximum Gasteiger partial charge on any atom is 0.284 e. The highest BCUT2D eigenvalue weighted by Gasteiger charge is 2.40. The smallest absolute Gasteiger partial charge is 0.284 e. The van der Waals surface area contributed by atoms with Gasteiger partial charge in [0.2, 0.25) is 62.2 Å². The van der Waals surface area contributed by atoms with Crippen molar-refractivity contribution in [1.82, 2.24) is 17.2 Å². The molecule has 1 atom stereocenters. The highest BCUT2D eigenvalue weighted by Crippen LogP contribution is 2.52. The number of piperidine rings is 2.